The Labute approximate surface area is 170 Å². The number of rotatable bonds is 7. The van der Waals surface area contributed by atoms with Crippen LogP contribution in [0.25, 0.3) is 0 Å². The van der Waals surface area contributed by atoms with Crippen LogP contribution in [0.1, 0.15) is 36.0 Å². The van der Waals surface area contributed by atoms with Crippen LogP contribution in [0.3, 0.4) is 0 Å². The number of hydrogen-bond acceptors (Lipinski definition) is 5. The third kappa shape index (κ3) is 5.67. The highest BCUT2D eigenvalue weighted by Gasteiger charge is 2.31. The van der Waals surface area contributed by atoms with Gasteiger partial charge in [0.25, 0.3) is 5.91 Å². The van der Waals surface area contributed by atoms with Gasteiger partial charge in [0.05, 0.1) is 6.10 Å². The van der Waals surface area contributed by atoms with E-state index in [0.717, 1.165) is 38.4 Å². The Morgan fingerprint density at radius 2 is 1.90 bits per heavy atom. The van der Waals surface area contributed by atoms with Crippen molar-refractivity contribution in [3.63, 3.8) is 0 Å². The molecule has 1 unspecified atom stereocenters. The molecule has 1 saturated carbocycles. The van der Waals surface area contributed by atoms with Gasteiger partial charge in [-0.1, -0.05) is 0 Å². The Hall–Kier alpha value is -2.19. The van der Waals surface area contributed by atoms with Crippen LogP contribution in [0.5, 0.6) is 0 Å². The summed E-state index contributed by atoms with van der Waals surface area (Å²) < 4.78 is 5.61. The molecule has 0 aromatic carbocycles. The third-order valence-corrected chi connectivity index (χ3v) is 6.15. The molecule has 2 N–H and O–H groups in total. The lowest BCUT2D eigenvalue weighted by atomic mass is 9.95. The van der Waals surface area contributed by atoms with E-state index in [1.807, 2.05) is 4.90 Å². The predicted molar refractivity (Wildman–Crippen MR) is 108 cm³/mol. The number of H-pyrrole nitrogens is 1. The Kier molecular flexibility index (Phi) is 6.30. The molecule has 158 valence electrons. The van der Waals surface area contributed by atoms with Crippen molar-refractivity contribution in [3.05, 3.63) is 34.2 Å². The first-order valence-corrected chi connectivity index (χ1v) is 10.7. The number of amides is 2. The van der Waals surface area contributed by atoms with Crippen molar-refractivity contribution in [1.82, 2.24) is 20.1 Å². The molecule has 3 heterocycles. The number of carbonyl (C=O) groups excluding carboxylic acids is 2. The quantitative estimate of drug-likeness (QED) is 0.691. The largest absolute Gasteiger partial charge is 0.365 e. The molecule has 0 bridgehead atoms. The second-order valence-electron chi connectivity index (χ2n) is 8.57. The Morgan fingerprint density at radius 1 is 1.14 bits per heavy atom. The standard InChI is InChI=1S/C21H30N4O4/c26-19-9-17(3-6-22-19)21(28)23-10-18-13-25(20(27)14-29-18)12-16-4-7-24(8-5-16)11-15-1-2-15/h3,6,9,15-16,18H,1-2,4-5,7-8,10-14H2,(H,22,26)(H,23,28). The second kappa shape index (κ2) is 9.09. The zero-order valence-corrected chi connectivity index (χ0v) is 16.8. The summed E-state index contributed by atoms with van der Waals surface area (Å²) in [5.74, 6) is 1.19. The Morgan fingerprint density at radius 3 is 2.62 bits per heavy atom. The lowest BCUT2D eigenvalue weighted by molar-refractivity contribution is -0.149. The minimum atomic E-state index is -0.314. The Balaban J connectivity index is 1.22. The minimum Gasteiger partial charge on any atom is -0.365 e. The number of ether oxygens (including phenoxy) is 1. The highest BCUT2D eigenvalue weighted by atomic mass is 16.5. The summed E-state index contributed by atoms with van der Waals surface area (Å²) in [7, 11) is 0. The SMILES string of the molecule is O=C(NCC1CN(CC2CCN(CC3CC3)CC2)C(=O)CO1)c1cc[nH]c(=O)c1. The molecule has 1 atom stereocenters. The topological polar surface area (TPSA) is 94.7 Å². The molecule has 2 amide bonds. The van der Waals surface area contributed by atoms with Gasteiger partial charge in [0.15, 0.2) is 0 Å². The van der Waals surface area contributed by atoms with Crippen molar-refractivity contribution in [3.8, 4) is 0 Å². The van der Waals surface area contributed by atoms with Crippen molar-refractivity contribution >= 4 is 11.8 Å². The molecule has 2 saturated heterocycles. The first-order chi connectivity index (χ1) is 14.1. The van der Waals surface area contributed by atoms with Gasteiger partial charge >= 0.3 is 0 Å². The zero-order chi connectivity index (χ0) is 20.2. The van der Waals surface area contributed by atoms with E-state index >= 15 is 0 Å². The van der Waals surface area contributed by atoms with E-state index in [1.165, 1.54) is 31.6 Å². The van der Waals surface area contributed by atoms with E-state index < -0.39 is 0 Å². The van der Waals surface area contributed by atoms with Gasteiger partial charge in [0.2, 0.25) is 11.5 Å². The monoisotopic (exact) mass is 402 g/mol. The summed E-state index contributed by atoms with van der Waals surface area (Å²) in [6.45, 7) is 5.17. The van der Waals surface area contributed by atoms with Crippen LogP contribution < -0.4 is 10.9 Å². The molecule has 8 heteroatoms. The molecule has 2 aliphatic heterocycles. The number of aromatic nitrogens is 1. The second-order valence-corrected chi connectivity index (χ2v) is 8.57. The van der Waals surface area contributed by atoms with Crippen molar-refractivity contribution in [2.75, 3.05) is 45.9 Å². The number of nitrogens with zero attached hydrogens (tertiary/aromatic N) is 2. The van der Waals surface area contributed by atoms with Crippen LogP contribution in [0.4, 0.5) is 0 Å². The van der Waals surface area contributed by atoms with Gasteiger partial charge in [-0.3, -0.25) is 14.4 Å². The van der Waals surface area contributed by atoms with Crippen LogP contribution >= 0.6 is 0 Å². The van der Waals surface area contributed by atoms with Crippen molar-refractivity contribution in [2.24, 2.45) is 11.8 Å². The number of hydrogen-bond donors (Lipinski definition) is 2. The summed E-state index contributed by atoms with van der Waals surface area (Å²) in [5.41, 5.74) is 0.00182. The van der Waals surface area contributed by atoms with Crippen LogP contribution in [0.2, 0.25) is 0 Å². The van der Waals surface area contributed by atoms with Gasteiger partial charge in [-0.05, 0) is 56.7 Å². The molecule has 3 fully saturated rings. The van der Waals surface area contributed by atoms with E-state index in [-0.39, 0.29) is 30.1 Å². The molecule has 8 nitrogen and oxygen atoms in total. The van der Waals surface area contributed by atoms with Crippen molar-refractivity contribution in [1.29, 1.82) is 0 Å². The average Bonchev–Trinajstić information content (AvgIpc) is 3.54. The van der Waals surface area contributed by atoms with E-state index in [4.69, 9.17) is 4.74 Å². The maximum absolute atomic E-state index is 12.3. The smallest absolute Gasteiger partial charge is 0.251 e. The normalized spacial score (nSPS) is 23.9. The molecule has 4 rings (SSSR count). The molecule has 0 radical (unpaired) electrons. The highest BCUT2D eigenvalue weighted by molar-refractivity contribution is 5.93. The molecule has 29 heavy (non-hydrogen) atoms. The molecule has 3 aliphatic rings. The van der Waals surface area contributed by atoms with Crippen LogP contribution in [0, 0.1) is 11.8 Å². The van der Waals surface area contributed by atoms with Crippen LogP contribution in [-0.4, -0.2) is 78.6 Å². The maximum Gasteiger partial charge on any atom is 0.251 e. The zero-order valence-electron chi connectivity index (χ0n) is 16.8. The Bertz CT molecular complexity index is 783. The van der Waals surface area contributed by atoms with Gasteiger partial charge in [0, 0.05) is 44.0 Å². The van der Waals surface area contributed by atoms with Gasteiger partial charge in [0.1, 0.15) is 6.61 Å². The average molecular weight is 402 g/mol. The number of likely N-dealkylation sites (tertiary alicyclic amines) is 1. The predicted octanol–water partition coefficient (Wildman–Crippen LogP) is 0.454. The van der Waals surface area contributed by atoms with E-state index in [9.17, 15) is 14.4 Å². The minimum absolute atomic E-state index is 0.0302. The summed E-state index contributed by atoms with van der Waals surface area (Å²) in [6, 6.07) is 2.83. The maximum atomic E-state index is 12.3. The molecule has 0 spiro atoms. The van der Waals surface area contributed by atoms with Crippen LogP contribution in [-0.2, 0) is 9.53 Å². The van der Waals surface area contributed by atoms with Gasteiger partial charge in [-0.15, -0.1) is 0 Å². The fourth-order valence-electron chi connectivity index (χ4n) is 4.20. The number of pyridine rings is 1. The summed E-state index contributed by atoms with van der Waals surface area (Å²) >= 11 is 0. The van der Waals surface area contributed by atoms with E-state index in [0.29, 0.717) is 24.6 Å². The van der Waals surface area contributed by atoms with Crippen LogP contribution in [0.15, 0.2) is 23.1 Å². The number of morpholine rings is 1. The van der Waals surface area contributed by atoms with Crippen molar-refractivity contribution < 1.29 is 14.3 Å². The summed E-state index contributed by atoms with van der Waals surface area (Å²) in [4.78, 5) is 42.8. The number of nitrogens with one attached hydrogen (secondary N) is 2. The lowest BCUT2D eigenvalue weighted by Gasteiger charge is -2.38. The van der Waals surface area contributed by atoms with Gasteiger partial charge in [-0.25, -0.2) is 0 Å². The molecule has 1 aliphatic carbocycles. The first-order valence-electron chi connectivity index (χ1n) is 10.7. The summed E-state index contributed by atoms with van der Waals surface area (Å²) in [5, 5.41) is 2.80. The van der Waals surface area contributed by atoms with E-state index in [1.54, 1.807) is 6.07 Å². The fraction of sp³-hybridized carbons (Fsp3) is 0.667. The van der Waals surface area contributed by atoms with Gasteiger partial charge < -0.3 is 24.8 Å². The van der Waals surface area contributed by atoms with Gasteiger partial charge in [-0.2, -0.15) is 0 Å². The first kappa shape index (κ1) is 20.1. The molecule has 1 aromatic rings. The molecule has 1 aromatic heterocycles. The van der Waals surface area contributed by atoms with Crippen molar-refractivity contribution in [2.45, 2.75) is 31.8 Å². The number of aromatic amines is 1. The highest BCUT2D eigenvalue weighted by Crippen LogP contribution is 2.31. The molecular formula is C21H30N4O4. The third-order valence-electron chi connectivity index (χ3n) is 6.15. The fourth-order valence-corrected chi connectivity index (χ4v) is 4.20. The summed E-state index contributed by atoms with van der Waals surface area (Å²) in [6.07, 6.45) is 6.28. The number of piperidine rings is 1. The lowest BCUT2D eigenvalue weighted by Crippen LogP contribution is -2.52. The van der Waals surface area contributed by atoms with E-state index in [2.05, 4.69) is 15.2 Å². The molecular weight excluding hydrogens is 372 g/mol. The number of carbonyl (C=O) groups is 2.